The van der Waals surface area contributed by atoms with Crippen LogP contribution in [0.5, 0.6) is 0 Å². The monoisotopic (exact) mass is 653 g/mol. The van der Waals surface area contributed by atoms with Gasteiger partial charge in [-0.2, -0.15) is 9.97 Å². The number of rotatable bonds is 4. The average molecular weight is 654 g/mol. The third-order valence-corrected chi connectivity index (χ3v) is 9.98. The molecule has 7 aromatic carbocycles. The summed E-state index contributed by atoms with van der Waals surface area (Å²) in [6.45, 7) is 0. The molecule has 0 spiro atoms. The van der Waals surface area contributed by atoms with Crippen molar-refractivity contribution < 1.29 is 4.42 Å². The molecule has 0 bridgehead atoms. The van der Waals surface area contributed by atoms with E-state index in [1.165, 1.54) is 5.39 Å². The summed E-state index contributed by atoms with van der Waals surface area (Å²) >= 11 is 0. The van der Waals surface area contributed by atoms with Gasteiger partial charge in [0.1, 0.15) is 11.2 Å². The van der Waals surface area contributed by atoms with E-state index in [1.54, 1.807) is 0 Å². The minimum absolute atomic E-state index is 0.546. The van der Waals surface area contributed by atoms with Crippen molar-refractivity contribution >= 4 is 65.6 Å². The van der Waals surface area contributed by atoms with Crippen molar-refractivity contribution in [2.75, 3.05) is 0 Å². The Hall–Kier alpha value is -7.05. The minimum Gasteiger partial charge on any atom is -0.455 e. The van der Waals surface area contributed by atoms with Gasteiger partial charge in [0.25, 0.3) is 0 Å². The van der Waals surface area contributed by atoms with E-state index in [2.05, 4.69) is 112 Å². The van der Waals surface area contributed by atoms with E-state index in [4.69, 9.17) is 19.4 Å². The molecule has 6 heteroatoms. The molecule has 0 saturated carbocycles. The molecule has 0 amide bonds. The van der Waals surface area contributed by atoms with E-state index in [9.17, 15) is 0 Å². The van der Waals surface area contributed by atoms with Gasteiger partial charge in [0.2, 0.25) is 5.95 Å². The van der Waals surface area contributed by atoms with Crippen molar-refractivity contribution in [2.24, 2.45) is 0 Å². The predicted molar refractivity (Wildman–Crippen MR) is 207 cm³/mol. The molecule has 0 aliphatic carbocycles. The first-order chi connectivity index (χ1) is 25.3. The van der Waals surface area contributed by atoms with Crippen molar-refractivity contribution in [2.45, 2.75) is 0 Å². The fourth-order valence-corrected chi connectivity index (χ4v) is 7.73. The second kappa shape index (κ2) is 10.7. The Balaban J connectivity index is 1.24. The molecule has 6 nitrogen and oxygen atoms in total. The number of hydrogen-bond acceptors (Lipinski definition) is 4. The highest BCUT2D eigenvalue weighted by molar-refractivity contribution is 6.19. The van der Waals surface area contributed by atoms with Crippen LogP contribution in [0.4, 0.5) is 0 Å². The maximum atomic E-state index is 6.47. The van der Waals surface area contributed by atoms with Crippen LogP contribution in [-0.4, -0.2) is 24.1 Å². The van der Waals surface area contributed by atoms with Crippen molar-refractivity contribution in [3.63, 3.8) is 0 Å². The summed E-state index contributed by atoms with van der Waals surface area (Å²) in [5.74, 6) is 1.69. The molecule has 0 unspecified atom stereocenters. The average Bonchev–Trinajstić information content (AvgIpc) is 3.85. The molecule has 0 fully saturated rings. The van der Waals surface area contributed by atoms with Crippen molar-refractivity contribution in [1.29, 1.82) is 0 Å². The number of furan rings is 1. The second-order valence-electron chi connectivity index (χ2n) is 12.9. The summed E-state index contributed by atoms with van der Waals surface area (Å²) < 4.78 is 11.0. The largest absolute Gasteiger partial charge is 0.455 e. The van der Waals surface area contributed by atoms with Gasteiger partial charge < -0.3 is 8.98 Å². The van der Waals surface area contributed by atoms with Crippen LogP contribution in [0.1, 0.15) is 0 Å². The first kappa shape index (κ1) is 27.9. The van der Waals surface area contributed by atoms with Crippen LogP contribution in [0.15, 0.2) is 168 Å². The van der Waals surface area contributed by atoms with Crippen LogP contribution >= 0.6 is 0 Å². The van der Waals surface area contributed by atoms with E-state index >= 15 is 0 Å². The summed E-state index contributed by atoms with van der Waals surface area (Å²) in [7, 11) is 0. The van der Waals surface area contributed by atoms with Gasteiger partial charge in [0.15, 0.2) is 11.6 Å². The number of aromatic nitrogens is 5. The minimum atomic E-state index is 0.546. The zero-order valence-corrected chi connectivity index (χ0v) is 27.2. The summed E-state index contributed by atoms with van der Waals surface area (Å²) in [6, 6.07) is 56.7. The highest BCUT2D eigenvalue weighted by Crippen LogP contribution is 2.40. The van der Waals surface area contributed by atoms with Crippen LogP contribution in [0, 0.1) is 0 Å². The number of benzene rings is 7. The van der Waals surface area contributed by atoms with Gasteiger partial charge in [-0.25, -0.2) is 4.98 Å². The highest BCUT2D eigenvalue weighted by atomic mass is 16.3. The lowest BCUT2D eigenvalue weighted by Crippen LogP contribution is -2.06. The molecule has 238 valence electrons. The first-order valence-corrected chi connectivity index (χ1v) is 17.0. The maximum absolute atomic E-state index is 6.47. The van der Waals surface area contributed by atoms with Crippen LogP contribution < -0.4 is 0 Å². The molecule has 4 aromatic heterocycles. The zero-order chi connectivity index (χ0) is 33.5. The maximum Gasteiger partial charge on any atom is 0.238 e. The molecule has 0 radical (unpaired) electrons. The molecule has 51 heavy (non-hydrogen) atoms. The summed E-state index contributed by atoms with van der Waals surface area (Å²) in [6.07, 6.45) is 0. The van der Waals surface area contributed by atoms with E-state index < -0.39 is 0 Å². The molecule has 0 N–H and O–H groups in total. The molecule has 4 heterocycles. The van der Waals surface area contributed by atoms with Crippen LogP contribution in [0.2, 0.25) is 0 Å². The van der Waals surface area contributed by atoms with E-state index in [-0.39, 0.29) is 0 Å². The number of nitrogens with zero attached hydrogens (tertiary/aromatic N) is 5. The Kier molecular flexibility index (Phi) is 5.86. The molecule has 11 aromatic rings. The molecule has 11 rings (SSSR count). The Bertz CT molecular complexity index is 3140. The van der Waals surface area contributed by atoms with E-state index in [0.717, 1.165) is 77.0 Å². The SMILES string of the molecule is c1ccc(-c2nc(-c3cccc4c3oc3ccccc34)nc(-n3c4ccccc4c4cc5c(cc43)c3ccccc3n5-c3ccccc3)n2)cc1. The Morgan fingerprint density at radius 2 is 0.961 bits per heavy atom. The van der Waals surface area contributed by atoms with Gasteiger partial charge in [-0.3, -0.25) is 4.57 Å². The Morgan fingerprint density at radius 1 is 0.392 bits per heavy atom. The molecular weight excluding hydrogens is 627 g/mol. The zero-order valence-electron chi connectivity index (χ0n) is 27.2. The third-order valence-electron chi connectivity index (χ3n) is 9.98. The number of para-hydroxylation sites is 5. The highest BCUT2D eigenvalue weighted by Gasteiger charge is 2.22. The third kappa shape index (κ3) is 4.14. The standard InChI is InChI=1S/C45H27N5O/c1-3-14-28(15-4-1)43-46-44(34-22-13-21-33-32-20-9-12-25-41(32)51-42(33)34)48-45(47-43)50-38-24-11-8-19-31(38)36-26-39-35(27-40(36)50)30-18-7-10-23-37(30)49(39)29-16-5-2-6-17-29/h1-27H. The molecule has 0 aliphatic heterocycles. The van der Waals surface area contributed by atoms with Crippen molar-refractivity contribution in [3.8, 4) is 34.4 Å². The van der Waals surface area contributed by atoms with Gasteiger partial charge in [-0.1, -0.05) is 115 Å². The fraction of sp³-hybridized carbons (Fsp3) is 0. The first-order valence-electron chi connectivity index (χ1n) is 17.0. The lowest BCUT2D eigenvalue weighted by molar-refractivity contribution is 0.669. The normalized spacial score (nSPS) is 11.9. The van der Waals surface area contributed by atoms with Crippen LogP contribution in [0.25, 0.3) is 100.0 Å². The van der Waals surface area contributed by atoms with Crippen molar-refractivity contribution in [3.05, 3.63) is 164 Å². The fourth-order valence-electron chi connectivity index (χ4n) is 7.73. The molecule has 0 aliphatic rings. The van der Waals surface area contributed by atoms with Crippen LogP contribution in [0.3, 0.4) is 0 Å². The summed E-state index contributed by atoms with van der Waals surface area (Å²) in [5, 5.41) is 6.69. The molecule has 0 atom stereocenters. The summed E-state index contributed by atoms with van der Waals surface area (Å²) in [5.41, 5.74) is 8.80. The van der Waals surface area contributed by atoms with Gasteiger partial charge in [-0.15, -0.1) is 0 Å². The van der Waals surface area contributed by atoms with Crippen molar-refractivity contribution in [1.82, 2.24) is 24.1 Å². The second-order valence-corrected chi connectivity index (χ2v) is 12.9. The Labute approximate surface area is 291 Å². The number of hydrogen-bond donors (Lipinski definition) is 0. The van der Waals surface area contributed by atoms with Gasteiger partial charge in [0, 0.05) is 43.6 Å². The van der Waals surface area contributed by atoms with Gasteiger partial charge >= 0.3 is 0 Å². The Morgan fingerprint density at radius 3 is 1.71 bits per heavy atom. The van der Waals surface area contributed by atoms with Gasteiger partial charge in [0.05, 0.1) is 27.6 Å². The molecular formula is C45H27N5O. The smallest absolute Gasteiger partial charge is 0.238 e. The van der Waals surface area contributed by atoms with Crippen LogP contribution in [-0.2, 0) is 0 Å². The van der Waals surface area contributed by atoms with E-state index in [0.29, 0.717) is 17.6 Å². The van der Waals surface area contributed by atoms with Gasteiger partial charge in [-0.05, 0) is 48.5 Å². The lowest BCUT2D eigenvalue weighted by atomic mass is 10.1. The quantitative estimate of drug-likeness (QED) is 0.190. The predicted octanol–water partition coefficient (Wildman–Crippen LogP) is 11.3. The lowest BCUT2D eigenvalue weighted by Gasteiger charge is -2.11. The topological polar surface area (TPSA) is 61.7 Å². The number of fused-ring (bicyclic) bond motifs is 9. The molecule has 0 saturated heterocycles. The van der Waals surface area contributed by atoms with E-state index in [1.807, 2.05) is 60.7 Å². The summed E-state index contributed by atoms with van der Waals surface area (Å²) in [4.78, 5) is 15.6.